The van der Waals surface area contributed by atoms with Gasteiger partial charge < -0.3 is 10.1 Å². The second-order valence-electron chi connectivity index (χ2n) is 6.89. The molecule has 0 saturated carbocycles. The van der Waals surface area contributed by atoms with Crippen molar-refractivity contribution in [1.82, 2.24) is 10.3 Å². The maximum atomic E-state index is 13.8. The zero-order valence-electron chi connectivity index (χ0n) is 14.6. The first-order chi connectivity index (χ1) is 11.3. The maximum Gasteiger partial charge on any atom is 0.134 e. The van der Waals surface area contributed by atoms with Crippen molar-refractivity contribution in [2.75, 3.05) is 13.7 Å². The fourth-order valence-corrected chi connectivity index (χ4v) is 2.46. The number of nitrogens with zero attached hydrogens (tertiary/aromatic N) is 1. The van der Waals surface area contributed by atoms with Gasteiger partial charge >= 0.3 is 0 Å². The summed E-state index contributed by atoms with van der Waals surface area (Å²) in [5.74, 6) is -1.17. The first kappa shape index (κ1) is 18.5. The summed E-state index contributed by atoms with van der Waals surface area (Å²) in [6, 6.07) is 7.48. The molecule has 0 saturated heterocycles. The number of pyridine rings is 1. The number of methoxy groups -OCH3 is 1. The fourth-order valence-electron chi connectivity index (χ4n) is 2.46. The Bertz CT molecular complexity index is 646. The van der Waals surface area contributed by atoms with Crippen LogP contribution in [0.2, 0.25) is 0 Å². The number of aromatic nitrogens is 1. The van der Waals surface area contributed by atoms with E-state index in [-0.39, 0.29) is 17.0 Å². The quantitative estimate of drug-likeness (QED) is 0.860. The topological polar surface area (TPSA) is 34.1 Å². The highest BCUT2D eigenvalue weighted by molar-refractivity contribution is 5.63. The lowest BCUT2D eigenvalue weighted by Gasteiger charge is -2.31. The maximum absolute atomic E-state index is 13.8. The summed E-state index contributed by atoms with van der Waals surface area (Å²) in [6.45, 7) is 7.58. The number of hydrogen-bond donors (Lipinski definition) is 1. The van der Waals surface area contributed by atoms with Gasteiger partial charge in [0.2, 0.25) is 0 Å². The van der Waals surface area contributed by atoms with Crippen LogP contribution in [-0.4, -0.2) is 24.7 Å². The van der Waals surface area contributed by atoms with Crippen LogP contribution < -0.4 is 5.32 Å². The number of nitrogens with one attached hydrogen (secondary N) is 1. The van der Waals surface area contributed by atoms with E-state index >= 15 is 0 Å². The van der Waals surface area contributed by atoms with Crippen LogP contribution in [0.15, 0.2) is 36.5 Å². The Morgan fingerprint density at radius 1 is 1.12 bits per heavy atom. The third kappa shape index (κ3) is 4.58. The molecular weight excluding hydrogens is 310 g/mol. The van der Waals surface area contributed by atoms with E-state index in [9.17, 15) is 8.78 Å². The van der Waals surface area contributed by atoms with E-state index in [1.54, 1.807) is 19.2 Å². The summed E-state index contributed by atoms with van der Waals surface area (Å²) < 4.78 is 32.9. The van der Waals surface area contributed by atoms with Crippen LogP contribution in [0.1, 0.15) is 26.5 Å². The fraction of sp³-hybridized carbons (Fsp3) is 0.421. The lowest BCUT2D eigenvalue weighted by molar-refractivity contribution is 0.113. The highest BCUT2D eigenvalue weighted by Gasteiger charge is 2.24. The Morgan fingerprint density at radius 3 is 2.29 bits per heavy atom. The van der Waals surface area contributed by atoms with Crippen LogP contribution in [-0.2, 0) is 11.3 Å². The molecule has 2 rings (SSSR count). The summed E-state index contributed by atoms with van der Waals surface area (Å²) in [5, 5.41) is 3.42. The predicted octanol–water partition coefficient (Wildman–Crippen LogP) is 4.18. The Balaban J connectivity index is 2.10. The van der Waals surface area contributed by atoms with Crippen molar-refractivity contribution in [2.24, 2.45) is 5.41 Å². The van der Waals surface area contributed by atoms with Crippen LogP contribution in [0, 0.1) is 17.0 Å². The van der Waals surface area contributed by atoms with Gasteiger partial charge in [0.1, 0.15) is 11.6 Å². The second-order valence-corrected chi connectivity index (χ2v) is 6.89. The van der Waals surface area contributed by atoms with Gasteiger partial charge in [0.25, 0.3) is 0 Å². The van der Waals surface area contributed by atoms with Gasteiger partial charge in [-0.15, -0.1) is 0 Å². The minimum Gasteiger partial charge on any atom is -0.383 e. The molecule has 1 N–H and O–H groups in total. The van der Waals surface area contributed by atoms with Crippen molar-refractivity contribution in [2.45, 2.75) is 33.4 Å². The molecule has 0 aliphatic rings. The lowest BCUT2D eigenvalue weighted by Crippen LogP contribution is -2.43. The van der Waals surface area contributed by atoms with Crippen molar-refractivity contribution in [1.29, 1.82) is 0 Å². The molecule has 0 spiro atoms. The molecular formula is C19H24F2N2O. The summed E-state index contributed by atoms with van der Waals surface area (Å²) >= 11 is 0. The zero-order chi connectivity index (χ0) is 17.7. The second kappa shape index (κ2) is 7.81. The van der Waals surface area contributed by atoms with E-state index in [0.29, 0.717) is 18.7 Å². The Morgan fingerprint density at radius 2 is 1.79 bits per heavy atom. The minimum atomic E-state index is -0.587. The molecule has 1 unspecified atom stereocenters. The summed E-state index contributed by atoms with van der Waals surface area (Å²) in [6.07, 6.45) is 1.50. The zero-order valence-corrected chi connectivity index (χ0v) is 14.6. The van der Waals surface area contributed by atoms with Gasteiger partial charge in [0.15, 0.2) is 0 Å². The van der Waals surface area contributed by atoms with Gasteiger partial charge in [-0.25, -0.2) is 8.78 Å². The van der Waals surface area contributed by atoms with Crippen LogP contribution in [0.3, 0.4) is 0 Å². The van der Waals surface area contributed by atoms with Gasteiger partial charge in [0.05, 0.1) is 17.9 Å². The van der Waals surface area contributed by atoms with Gasteiger partial charge in [0, 0.05) is 31.5 Å². The van der Waals surface area contributed by atoms with Gasteiger partial charge in [-0.05, 0) is 23.6 Å². The summed E-state index contributed by atoms with van der Waals surface area (Å²) in [5.41, 5.74) is 1.24. The highest BCUT2D eigenvalue weighted by Crippen LogP contribution is 2.25. The molecule has 0 bridgehead atoms. The van der Waals surface area contributed by atoms with Crippen molar-refractivity contribution in [3.8, 4) is 11.1 Å². The molecule has 24 heavy (non-hydrogen) atoms. The van der Waals surface area contributed by atoms with Crippen molar-refractivity contribution in [3.05, 3.63) is 53.9 Å². The smallest absolute Gasteiger partial charge is 0.134 e. The molecule has 0 aliphatic carbocycles. The normalized spacial score (nSPS) is 13.1. The Labute approximate surface area is 142 Å². The molecule has 1 aromatic heterocycles. The molecule has 3 nitrogen and oxygen atoms in total. The van der Waals surface area contributed by atoms with E-state index in [2.05, 4.69) is 31.1 Å². The van der Waals surface area contributed by atoms with E-state index in [4.69, 9.17) is 4.74 Å². The van der Waals surface area contributed by atoms with Crippen LogP contribution in [0.4, 0.5) is 8.78 Å². The summed E-state index contributed by atoms with van der Waals surface area (Å²) in [4.78, 5) is 4.31. The largest absolute Gasteiger partial charge is 0.383 e. The molecule has 1 aromatic carbocycles. The summed E-state index contributed by atoms with van der Waals surface area (Å²) in [7, 11) is 1.68. The Hall–Kier alpha value is -1.85. The van der Waals surface area contributed by atoms with Crippen LogP contribution in [0.5, 0.6) is 0 Å². The first-order valence-corrected chi connectivity index (χ1v) is 7.94. The van der Waals surface area contributed by atoms with Crippen molar-refractivity contribution >= 4 is 0 Å². The molecule has 0 amide bonds. The molecule has 1 atom stereocenters. The van der Waals surface area contributed by atoms with E-state index < -0.39 is 11.6 Å². The SMILES string of the molecule is COCC(NCc1ccc(-c2c(F)cccc2F)cn1)C(C)(C)C. The van der Waals surface area contributed by atoms with Crippen molar-refractivity contribution in [3.63, 3.8) is 0 Å². The van der Waals surface area contributed by atoms with Crippen molar-refractivity contribution < 1.29 is 13.5 Å². The molecule has 5 heteroatoms. The molecule has 1 heterocycles. The molecule has 0 radical (unpaired) electrons. The third-order valence-electron chi connectivity index (χ3n) is 3.98. The average molecular weight is 334 g/mol. The lowest BCUT2D eigenvalue weighted by atomic mass is 9.87. The molecule has 130 valence electrons. The number of benzene rings is 1. The number of rotatable bonds is 6. The van der Waals surface area contributed by atoms with Crippen LogP contribution in [0.25, 0.3) is 11.1 Å². The number of halogens is 2. The van der Waals surface area contributed by atoms with E-state index in [0.717, 1.165) is 5.69 Å². The first-order valence-electron chi connectivity index (χ1n) is 7.94. The average Bonchev–Trinajstić information content (AvgIpc) is 2.51. The Kier molecular flexibility index (Phi) is 6.02. The third-order valence-corrected chi connectivity index (χ3v) is 3.98. The monoisotopic (exact) mass is 334 g/mol. The number of ether oxygens (including phenoxy) is 1. The van der Waals surface area contributed by atoms with E-state index in [1.807, 2.05) is 0 Å². The molecule has 0 fully saturated rings. The van der Waals surface area contributed by atoms with Gasteiger partial charge in [-0.3, -0.25) is 4.98 Å². The van der Waals surface area contributed by atoms with Crippen LogP contribution >= 0.6 is 0 Å². The minimum absolute atomic E-state index is 0.0449. The standard InChI is InChI=1S/C19H24F2N2O/c1-19(2,3)17(12-24-4)23-11-14-9-8-13(10-22-14)18-15(20)6-5-7-16(18)21/h5-10,17,23H,11-12H2,1-4H3. The molecule has 2 aromatic rings. The van der Waals surface area contributed by atoms with Gasteiger partial charge in [-0.2, -0.15) is 0 Å². The molecule has 0 aliphatic heterocycles. The highest BCUT2D eigenvalue weighted by atomic mass is 19.1. The number of hydrogen-bond acceptors (Lipinski definition) is 3. The predicted molar refractivity (Wildman–Crippen MR) is 91.5 cm³/mol. The van der Waals surface area contributed by atoms with Gasteiger partial charge in [-0.1, -0.05) is 32.9 Å². The van der Waals surface area contributed by atoms with E-state index in [1.165, 1.54) is 24.4 Å².